The molecule has 0 atom stereocenters. The fraction of sp³-hybridized carbons (Fsp3) is 0.500. The topological polar surface area (TPSA) is 25.8 Å². The summed E-state index contributed by atoms with van der Waals surface area (Å²) in [5.41, 5.74) is 4.58. The molecular weight excluding hydrogens is 302 g/mol. The molecule has 0 saturated carbocycles. The molecule has 0 amide bonds. The molecule has 108 valence electrons. The number of quaternary nitrogens is 1. The molecule has 0 heterocycles. The zero-order valence-electron chi connectivity index (χ0n) is 12.6. The minimum atomic E-state index is 0. The van der Waals surface area contributed by atoms with E-state index in [2.05, 4.69) is 58.9 Å². The first-order valence-corrected chi connectivity index (χ1v) is 6.75. The predicted octanol–water partition coefficient (Wildman–Crippen LogP) is 0.272. The highest BCUT2D eigenvalue weighted by atomic mass is 79.9. The summed E-state index contributed by atoms with van der Waals surface area (Å²) in [7, 11) is 0. The van der Waals surface area contributed by atoms with Gasteiger partial charge in [0.15, 0.2) is 5.76 Å². The van der Waals surface area contributed by atoms with Crippen LogP contribution in [0.1, 0.15) is 40.2 Å². The number of hydroxylamine groups is 1. The van der Waals surface area contributed by atoms with Crippen molar-refractivity contribution in [3.63, 3.8) is 0 Å². The Bertz CT molecular complexity index is 375. The molecule has 0 aliphatic heterocycles. The summed E-state index contributed by atoms with van der Waals surface area (Å²) in [6, 6.07) is 10.4. The molecule has 1 rings (SSSR count). The Labute approximate surface area is 128 Å². The zero-order chi connectivity index (χ0) is 13.5. The number of rotatable bonds is 6. The van der Waals surface area contributed by atoms with Crippen LogP contribution in [0.15, 0.2) is 41.7 Å². The lowest BCUT2D eigenvalue weighted by Gasteiger charge is -2.17. The van der Waals surface area contributed by atoms with Gasteiger partial charge in [-0.25, -0.2) is 0 Å². The Morgan fingerprint density at radius 2 is 1.58 bits per heavy atom. The summed E-state index contributed by atoms with van der Waals surface area (Å²) in [4.78, 5) is 5.79. The Hall–Kier alpha value is -0.800. The SMILES string of the molecule is CC(O[NH2+]Cc1ccccc1)=C(C(C)C)C(C)C.[Br-]. The summed E-state index contributed by atoms with van der Waals surface area (Å²) >= 11 is 0. The summed E-state index contributed by atoms with van der Waals surface area (Å²) in [6.07, 6.45) is 0. The first kappa shape index (κ1) is 18.2. The predicted molar refractivity (Wildman–Crippen MR) is 75.5 cm³/mol. The lowest BCUT2D eigenvalue weighted by atomic mass is 9.92. The molecule has 0 fully saturated rings. The molecule has 19 heavy (non-hydrogen) atoms. The van der Waals surface area contributed by atoms with Crippen molar-refractivity contribution in [2.75, 3.05) is 0 Å². The molecule has 0 bridgehead atoms. The summed E-state index contributed by atoms with van der Waals surface area (Å²) in [5.74, 6) is 2.13. The van der Waals surface area contributed by atoms with E-state index in [1.807, 2.05) is 11.5 Å². The largest absolute Gasteiger partial charge is 1.00 e. The van der Waals surface area contributed by atoms with Crippen molar-refractivity contribution in [1.82, 2.24) is 0 Å². The van der Waals surface area contributed by atoms with Gasteiger partial charge in [-0.2, -0.15) is 5.48 Å². The quantitative estimate of drug-likeness (QED) is 0.589. The van der Waals surface area contributed by atoms with E-state index in [0.717, 1.165) is 12.3 Å². The van der Waals surface area contributed by atoms with Crippen molar-refractivity contribution in [2.45, 2.75) is 41.2 Å². The van der Waals surface area contributed by atoms with Crippen LogP contribution < -0.4 is 22.5 Å². The maximum atomic E-state index is 5.79. The van der Waals surface area contributed by atoms with E-state index in [1.54, 1.807) is 0 Å². The number of hydrogen-bond donors (Lipinski definition) is 1. The lowest BCUT2D eigenvalue weighted by Crippen LogP contribution is -3.00. The number of benzene rings is 1. The van der Waals surface area contributed by atoms with Crippen molar-refractivity contribution >= 4 is 0 Å². The first-order valence-electron chi connectivity index (χ1n) is 6.75. The van der Waals surface area contributed by atoms with Gasteiger partial charge < -0.3 is 21.8 Å². The highest BCUT2D eigenvalue weighted by Crippen LogP contribution is 2.22. The van der Waals surface area contributed by atoms with Crippen molar-refractivity contribution in [2.24, 2.45) is 11.8 Å². The van der Waals surface area contributed by atoms with Gasteiger partial charge in [0.25, 0.3) is 0 Å². The first-order chi connectivity index (χ1) is 8.52. The van der Waals surface area contributed by atoms with E-state index >= 15 is 0 Å². The van der Waals surface area contributed by atoms with Crippen LogP contribution in [-0.2, 0) is 11.4 Å². The van der Waals surface area contributed by atoms with Gasteiger partial charge in [-0.05, 0) is 17.4 Å². The number of hydrogen-bond acceptors (Lipinski definition) is 1. The van der Waals surface area contributed by atoms with Crippen LogP contribution in [0.2, 0.25) is 0 Å². The number of nitrogens with two attached hydrogens (primary N) is 1. The third kappa shape index (κ3) is 6.26. The van der Waals surface area contributed by atoms with E-state index in [1.165, 1.54) is 11.1 Å². The molecule has 1 aromatic carbocycles. The lowest BCUT2D eigenvalue weighted by molar-refractivity contribution is -0.896. The van der Waals surface area contributed by atoms with Crippen LogP contribution in [0.3, 0.4) is 0 Å². The van der Waals surface area contributed by atoms with Gasteiger partial charge >= 0.3 is 0 Å². The van der Waals surface area contributed by atoms with Gasteiger partial charge in [0.2, 0.25) is 0 Å². The molecule has 3 heteroatoms. The van der Waals surface area contributed by atoms with Crippen LogP contribution in [0, 0.1) is 11.8 Å². The van der Waals surface area contributed by atoms with E-state index in [0.29, 0.717) is 11.8 Å². The Morgan fingerprint density at radius 1 is 1.05 bits per heavy atom. The zero-order valence-corrected chi connectivity index (χ0v) is 14.2. The molecule has 0 aliphatic rings. The second-order valence-electron chi connectivity index (χ2n) is 5.30. The molecular formula is C16H26BrNO. The molecule has 0 radical (unpaired) electrons. The molecule has 0 saturated heterocycles. The fourth-order valence-corrected chi connectivity index (χ4v) is 2.42. The van der Waals surface area contributed by atoms with Crippen LogP contribution in [-0.4, -0.2) is 0 Å². The van der Waals surface area contributed by atoms with Crippen LogP contribution in [0.5, 0.6) is 0 Å². The van der Waals surface area contributed by atoms with Crippen LogP contribution in [0.25, 0.3) is 0 Å². The van der Waals surface area contributed by atoms with Gasteiger partial charge in [0, 0.05) is 12.5 Å². The van der Waals surface area contributed by atoms with E-state index in [9.17, 15) is 0 Å². The monoisotopic (exact) mass is 327 g/mol. The van der Waals surface area contributed by atoms with Crippen molar-refractivity contribution < 1.29 is 27.3 Å². The average Bonchev–Trinajstić information content (AvgIpc) is 2.29. The second-order valence-corrected chi connectivity index (χ2v) is 5.30. The third-order valence-corrected chi connectivity index (χ3v) is 3.07. The average molecular weight is 328 g/mol. The molecule has 2 nitrogen and oxygen atoms in total. The Kier molecular flexibility index (Phi) is 8.77. The van der Waals surface area contributed by atoms with E-state index in [4.69, 9.17) is 4.84 Å². The normalized spacial score (nSPS) is 10.3. The third-order valence-electron chi connectivity index (χ3n) is 3.07. The number of allylic oxidation sites excluding steroid dienone is 2. The van der Waals surface area contributed by atoms with Gasteiger partial charge in [-0.3, -0.25) is 0 Å². The molecule has 0 spiro atoms. The Balaban J connectivity index is 0.00000324. The maximum Gasteiger partial charge on any atom is 0.163 e. The summed E-state index contributed by atoms with van der Waals surface area (Å²) in [6.45, 7) is 11.8. The van der Waals surface area contributed by atoms with Crippen LogP contribution in [0.4, 0.5) is 0 Å². The second kappa shape index (κ2) is 9.16. The van der Waals surface area contributed by atoms with E-state index < -0.39 is 0 Å². The summed E-state index contributed by atoms with van der Waals surface area (Å²) < 4.78 is 0. The van der Waals surface area contributed by atoms with Crippen LogP contribution >= 0.6 is 0 Å². The van der Waals surface area contributed by atoms with Gasteiger partial charge in [-0.15, -0.1) is 0 Å². The fourth-order valence-electron chi connectivity index (χ4n) is 2.42. The standard InChI is InChI=1S/C16H25NO.BrH/c1-12(2)16(13(3)4)14(5)18-17-11-15-9-7-6-8-10-15;/h6-10,12-13,17H,11H2,1-5H3;1H. The van der Waals surface area contributed by atoms with Crippen molar-refractivity contribution in [3.8, 4) is 0 Å². The molecule has 1 aromatic rings. The minimum Gasteiger partial charge on any atom is -1.00 e. The smallest absolute Gasteiger partial charge is 0.163 e. The van der Waals surface area contributed by atoms with Crippen molar-refractivity contribution in [1.29, 1.82) is 0 Å². The molecule has 2 N–H and O–H groups in total. The Morgan fingerprint density at radius 3 is 2.05 bits per heavy atom. The summed E-state index contributed by atoms with van der Waals surface area (Å²) in [5, 5.41) is 0. The highest BCUT2D eigenvalue weighted by Gasteiger charge is 2.14. The van der Waals surface area contributed by atoms with Gasteiger partial charge in [0.1, 0.15) is 6.54 Å². The molecule has 0 unspecified atom stereocenters. The molecule has 0 aromatic heterocycles. The minimum absolute atomic E-state index is 0. The maximum absolute atomic E-state index is 5.79. The van der Waals surface area contributed by atoms with Crippen molar-refractivity contribution in [3.05, 3.63) is 47.2 Å². The highest BCUT2D eigenvalue weighted by molar-refractivity contribution is 5.13. The number of halogens is 1. The molecule has 0 aliphatic carbocycles. The van der Waals surface area contributed by atoms with Gasteiger partial charge in [0.05, 0.1) is 0 Å². The van der Waals surface area contributed by atoms with Gasteiger partial charge in [-0.1, -0.05) is 58.0 Å². The van der Waals surface area contributed by atoms with E-state index in [-0.39, 0.29) is 17.0 Å².